The SMILES string of the molecule is Nc1ncnc2c1ncn2[C@]1(C=Cc2ccccc2)O[C@H](CO)[C@@H](O)[C@]1(O)C=Cc1ccccc1. The highest BCUT2D eigenvalue weighted by Crippen LogP contribution is 2.47. The molecule has 35 heavy (non-hydrogen) atoms. The summed E-state index contributed by atoms with van der Waals surface area (Å²) in [7, 11) is 0. The van der Waals surface area contributed by atoms with Gasteiger partial charge in [0.2, 0.25) is 5.72 Å². The molecular weight excluding hydrogens is 446 g/mol. The maximum absolute atomic E-state index is 12.2. The van der Waals surface area contributed by atoms with E-state index in [0.717, 1.165) is 11.1 Å². The van der Waals surface area contributed by atoms with Gasteiger partial charge in [-0.2, -0.15) is 0 Å². The Balaban J connectivity index is 1.75. The summed E-state index contributed by atoms with van der Waals surface area (Å²) in [6, 6.07) is 18.8. The normalized spacial score (nSPS) is 26.8. The van der Waals surface area contributed by atoms with E-state index in [2.05, 4.69) is 15.0 Å². The Bertz CT molecular complexity index is 1370. The van der Waals surface area contributed by atoms with Gasteiger partial charge < -0.3 is 25.8 Å². The van der Waals surface area contributed by atoms with Gasteiger partial charge in [0.25, 0.3) is 0 Å². The molecule has 4 atom stereocenters. The molecule has 0 radical (unpaired) electrons. The molecule has 2 aromatic heterocycles. The molecule has 9 heteroatoms. The van der Waals surface area contributed by atoms with Gasteiger partial charge in [-0.1, -0.05) is 72.8 Å². The topological polar surface area (TPSA) is 140 Å². The summed E-state index contributed by atoms with van der Waals surface area (Å²) in [4.78, 5) is 12.7. The van der Waals surface area contributed by atoms with Gasteiger partial charge in [-0.3, -0.25) is 4.57 Å². The molecule has 0 amide bonds. The number of aromatic nitrogens is 4. The predicted octanol–water partition coefficient (Wildman–Crippen LogP) is 1.97. The van der Waals surface area contributed by atoms with Crippen LogP contribution in [0.15, 0.2) is 85.5 Å². The van der Waals surface area contributed by atoms with E-state index in [0.29, 0.717) is 11.2 Å². The third-order valence-electron chi connectivity index (χ3n) is 6.24. The lowest BCUT2D eigenvalue weighted by atomic mass is 9.83. The second-order valence-electron chi connectivity index (χ2n) is 8.34. The minimum absolute atomic E-state index is 0.163. The number of nitrogens with zero attached hydrogens (tertiary/aromatic N) is 4. The zero-order valence-corrected chi connectivity index (χ0v) is 18.7. The number of nitrogen functional groups attached to an aromatic ring is 1. The second kappa shape index (κ2) is 9.05. The summed E-state index contributed by atoms with van der Waals surface area (Å²) in [5, 5.41) is 33.4. The maximum Gasteiger partial charge on any atom is 0.202 e. The van der Waals surface area contributed by atoms with Crippen molar-refractivity contribution in [2.75, 3.05) is 12.3 Å². The van der Waals surface area contributed by atoms with Gasteiger partial charge in [0.15, 0.2) is 17.1 Å². The van der Waals surface area contributed by atoms with Crippen LogP contribution < -0.4 is 5.73 Å². The third-order valence-corrected chi connectivity index (χ3v) is 6.24. The highest BCUT2D eigenvalue weighted by molar-refractivity contribution is 5.81. The Hall–Kier alpha value is -3.89. The summed E-state index contributed by atoms with van der Waals surface area (Å²) in [5.74, 6) is 0.163. The van der Waals surface area contributed by atoms with Crippen molar-refractivity contribution in [2.24, 2.45) is 0 Å². The highest BCUT2D eigenvalue weighted by atomic mass is 16.6. The molecule has 4 aromatic rings. The van der Waals surface area contributed by atoms with Crippen molar-refractivity contribution in [2.45, 2.75) is 23.5 Å². The second-order valence-corrected chi connectivity index (χ2v) is 8.34. The highest BCUT2D eigenvalue weighted by Gasteiger charge is 2.64. The van der Waals surface area contributed by atoms with E-state index in [1.54, 1.807) is 18.2 Å². The van der Waals surface area contributed by atoms with Gasteiger partial charge in [-0.15, -0.1) is 0 Å². The minimum Gasteiger partial charge on any atom is -0.394 e. The van der Waals surface area contributed by atoms with Crippen LogP contribution in [0, 0.1) is 0 Å². The van der Waals surface area contributed by atoms with E-state index in [1.165, 1.54) is 23.3 Å². The fraction of sp³-hybridized carbons (Fsp3) is 0.192. The predicted molar refractivity (Wildman–Crippen MR) is 132 cm³/mol. The van der Waals surface area contributed by atoms with Crippen LogP contribution in [0.25, 0.3) is 23.3 Å². The lowest BCUT2D eigenvalue weighted by Gasteiger charge is -2.39. The van der Waals surface area contributed by atoms with Crippen LogP contribution in [-0.2, 0) is 10.5 Å². The average Bonchev–Trinajstić information content (AvgIpc) is 3.42. The monoisotopic (exact) mass is 471 g/mol. The molecule has 5 N–H and O–H groups in total. The van der Waals surface area contributed by atoms with Crippen molar-refractivity contribution in [3.8, 4) is 0 Å². The summed E-state index contributed by atoms with van der Waals surface area (Å²) < 4.78 is 7.77. The van der Waals surface area contributed by atoms with Gasteiger partial charge in [-0.25, -0.2) is 15.0 Å². The van der Waals surface area contributed by atoms with Gasteiger partial charge in [-0.05, 0) is 23.3 Å². The van der Waals surface area contributed by atoms with E-state index < -0.39 is 30.1 Å². The van der Waals surface area contributed by atoms with Crippen LogP contribution in [0.4, 0.5) is 5.82 Å². The fourth-order valence-electron chi connectivity index (χ4n) is 4.40. The van der Waals surface area contributed by atoms with Crippen molar-refractivity contribution >= 4 is 29.1 Å². The summed E-state index contributed by atoms with van der Waals surface area (Å²) >= 11 is 0. The first-order valence-corrected chi connectivity index (χ1v) is 11.1. The van der Waals surface area contributed by atoms with Gasteiger partial charge in [0.05, 0.1) is 12.9 Å². The van der Waals surface area contributed by atoms with Crippen LogP contribution in [0.2, 0.25) is 0 Å². The molecule has 9 nitrogen and oxygen atoms in total. The Morgan fingerprint density at radius 2 is 1.57 bits per heavy atom. The molecule has 1 aliphatic heterocycles. The number of ether oxygens (including phenoxy) is 1. The van der Waals surface area contributed by atoms with Crippen molar-refractivity contribution < 1.29 is 20.1 Å². The first kappa shape index (κ1) is 22.9. The number of benzene rings is 2. The number of anilines is 1. The number of fused-ring (bicyclic) bond motifs is 1. The molecule has 0 unspecified atom stereocenters. The molecule has 0 bridgehead atoms. The average molecular weight is 472 g/mol. The van der Waals surface area contributed by atoms with E-state index in [4.69, 9.17) is 10.5 Å². The number of aliphatic hydroxyl groups is 3. The summed E-state index contributed by atoms with van der Waals surface area (Å²) in [6.45, 7) is -0.521. The van der Waals surface area contributed by atoms with Crippen molar-refractivity contribution in [3.63, 3.8) is 0 Å². The number of hydrogen-bond donors (Lipinski definition) is 4. The van der Waals surface area contributed by atoms with Crippen LogP contribution in [0.1, 0.15) is 11.1 Å². The Kier molecular flexibility index (Phi) is 5.91. The van der Waals surface area contributed by atoms with E-state index in [9.17, 15) is 15.3 Å². The van der Waals surface area contributed by atoms with E-state index in [1.807, 2.05) is 60.7 Å². The zero-order chi connectivity index (χ0) is 24.5. The Morgan fingerprint density at radius 1 is 0.943 bits per heavy atom. The smallest absolute Gasteiger partial charge is 0.202 e. The molecule has 0 saturated carbocycles. The number of aliphatic hydroxyl groups excluding tert-OH is 2. The Labute approximate surface area is 201 Å². The van der Waals surface area contributed by atoms with Crippen LogP contribution in [-0.4, -0.2) is 59.3 Å². The number of rotatable bonds is 6. The molecule has 1 fully saturated rings. The van der Waals surface area contributed by atoms with E-state index in [-0.39, 0.29) is 5.82 Å². The number of nitrogens with two attached hydrogens (primary N) is 1. The quantitative estimate of drug-likeness (QED) is 0.335. The molecule has 5 rings (SSSR count). The standard InChI is InChI=1S/C26H25N5O4/c27-23-21-24(29-16-28-23)31(17-30-21)26(14-12-19-9-5-2-6-10-19)25(34,22(33)20(15-32)35-26)13-11-18-7-3-1-4-8-18/h1-14,16-17,20,22,32-34H,15H2,(H2,27,28,29)/t20-,22-,25-,26-/m1/s1. The molecule has 0 spiro atoms. The van der Waals surface area contributed by atoms with Crippen molar-refractivity contribution in [3.05, 3.63) is 96.6 Å². The van der Waals surface area contributed by atoms with Crippen LogP contribution >= 0.6 is 0 Å². The number of imidazole rings is 1. The molecule has 2 aromatic carbocycles. The number of hydrogen-bond acceptors (Lipinski definition) is 8. The van der Waals surface area contributed by atoms with E-state index >= 15 is 0 Å². The van der Waals surface area contributed by atoms with Crippen LogP contribution in [0.5, 0.6) is 0 Å². The molecule has 3 heterocycles. The van der Waals surface area contributed by atoms with Gasteiger partial charge >= 0.3 is 0 Å². The molecule has 178 valence electrons. The van der Waals surface area contributed by atoms with Crippen molar-refractivity contribution in [1.29, 1.82) is 0 Å². The largest absolute Gasteiger partial charge is 0.394 e. The Morgan fingerprint density at radius 3 is 2.20 bits per heavy atom. The molecule has 1 aliphatic rings. The lowest BCUT2D eigenvalue weighted by Crippen LogP contribution is -2.55. The lowest BCUT2D eigenvalue weighted by molar-refractivity contribution is -0.138. The third kappa shape index (κ3) is 3.80. The van der Waals surface area contributed by atoms with Gasteiger partial charge in [0, 0.05) is 0 Å². The maximum atomic E-state index is 12.2. The minimum atomic E-state index is -2.03. The summed E-state index contributed by atoms with van der Waals surface area (Å²) in [5.41, 5.74) is 4.50. The van der Waals surface area contributed by atoms with Gasteiger partial charge in [0.1, 0.15) is 24.1 Å². The molecule has 1 saturated heterocycles. The summed E-state index contributed by atoms with van der Waals surface area (Å²) in [6.07, 6.45) is 6.72. The van der Waals surface area contributed by atoms with Crippen LogP contribution in [0.3, 0.4) is 0 Å². The first-order valence-electron chi connectivity index (χ1n) is 11.1. The fourth-order valence-corrected chi connectivity index (χ4v) is 4.40. The van der Waals surface area contributed by atoms with Crippen molar-refractivity contribution in [1.82, 2.24) is 19.5 Å². The first-order chi connectivity index (χ1) is 17.0. The zero-order valence-electron chi connectivity index (χ0n) is 18.7. The molecule has 0 aliphatic carbocycles. The molecular formula is C26H25N5O4.